The van der Waals surface area contributed by atoms with E-state index >= 15 is 0 Å². The Kier molecular flexibility index (Phi) is 5.14. The number of hydrogen-bond donors (Lipinski definition) is 1. The highest BCUT2D eigenvalue weighted by atomic mass is 16.1. The van der Waals surface area contributed by atoms with Gasteiger partial charge >= 0.3 is 0 Å². The number of nitriles is 1. The molecule has 1 aromatic rings. The van der Waals surface area contributed by atoms with Crippen molar-refractivity contribution in [1.29, 1.82) is 5.26 Å². The standard InChI is InChI=1S/C16H21N3O/c1-2-19-10-6-9-14(12-19)18-16(20)15(11-17)13-7-4-3-5-8-13/h3-5,7-8,14-15H,2,6,9-10,12H2,1H3,(H,18,20). The Morgan fingerprint density at radius 2 is 2.25 bits per heavy atom. The van der Waals surface area contributed by atoms with Crippen LogP contribution in [-0.2, 0) is 4.79 Å². The lowest BCUT2D eigenvalue weighted by molar-refractivity contribution is -0.122. The third kappa shape index (κ3) is 3.58. The summed E-state index contributed by atoms with van der Waals surface area (Å²) in [6.45, 7) is 5.12. The van der Waals surface area contributed by atoms with Crippen LogP contribution in [-0.4, -0.2) is 36.5 Å². The van der Waals surface area contributed by atoms with Crippen LogP contribution in [0.5, 0.6) is 0 Å². The van der Waals surface area contributed by atoms with Gasteiger partial charge in [0, 0.05) is 12.6 Å². The van der Waals surface area contributed by atoms with E-state index in [0.29, 0.717) is 0 Å². The summed E-state index contributed by atoms with van der Waals surface area (Å²) >= 11 is 0. The summed E-state index contributed by atoms with van der Waals surface area (Å²) in [5.74, 6) is -0.894. The number of amides is 1. The zero-order valence-electron chi connectivity index (χ0n) is 11.9. The number of piperidine rings is 1. The van der Waals surface area contributed by atoms with Crippen LogP contribution in [0.3, 0.4) is 0 Å². The SMILES string of the molecule is CCN1CCCC(NC(=O)C(C#N)c2ccccc2)C1. The predicted molar refractivity (Wildman–Crippen MR) is 78.1 cm³/mol. The van der Waals surface area contributed by atoms with Gasteiger partial charge in [-0.2, -0.15) is 5.26 Å². The van der Waals surface area contributed by atoms with Gasteiger partial charge < -0.3 is 10.2 Å². The number of nitrogens with one attached hydrogen (secondary N) is 1. The molecular weight excluding hydrogens is 250 g/mol. The molecule has 1 N–H and O–H groups in total. The summed E-state index contributed by atoms with van der Waals surface area (Å²) in [5, 5.41) is 12.3. The van der Waals surface area contributed by atoms with Crippen molar-refractivity contribution in [2.45, 2.75) is 31.7 Å². The third-order valence-electron chi connectivity index (χ3n) is 3.82. The molecule has 4 nitrogen and oxygen atoms in total. The fourth-order valence-electron chi connectivity index (χ4n) is 2.68. The molecule has 0 radical (unpaired) electrons. The zero-order valence-corrected chi connectivity index (χ0v) is 11.9. The summed E-state index contributed by atoms with van der Waals surface area (Å²) < 4.78 is 0. The molecule has 1 aromatic carbocycles. The van der Waals surface area contributed by atoms with Crippen molar-refractivity contribution in [3.63, 3.8) is 0 Å². The average Bonchev–Trinajstić information content (AvgIpc) is 2.49. The first kappa shape index (κ1) is 14.5. The largest absolute Gasteiger partial charge is 0.351 e. The van der Waals surface area contributed by atoms with Gasteiger partial charge in [0.05, 0.1) is 6.07 Å². The van der Waals surface area contributed by atoms with E-state index in [1.54, 1.807) is 0 Å². The van der Waals surface area contributed by atoms with Crippen molar-refractivity contribution in [2.24, 2.45) is 0 Å². The second-order valence-corrected chi connectivity index (χ2v) is 5.21. The molecule has 1 fully saturated rings. The van der Waals surface area contributed by atoms with Crippen molar-refractivity contribution >= 4 is 5.91 Å². The van der Waals surface area contributed by atoms with Crippen LogP contribution < -0.4 is 5.32 Å². The van der Waals surface area contributed by atoms with Crippen LogP contribution in [0.15, 0.2) is 30.3 Å². The molecule has 1 aliphatic rings. The minimum Gasteiger partial charge on any atom is -0.351 e. The molecule has 1 aliphatic heterocycles. The number of rotatable bonds is 4. The highest BCUT2D eigenvalue weighted by Gasteiger charge is 2.25. The van der Waals surface area contributed by atoms with Gasteiger partial charge in [-0.05, 0) is 31.5 Å². The number of carbonyl (C=O) groups is 1. The summed E-state index contributed by atoms with van der Waals surface area (Å²) in [7, 11) is 0. The Hall–Kier alpha value is -1.86. The highest BCUT2D eigenvalue weighted by molar-refractivity contribution is 5.86. The van der Waals surface area contributed by atoms with E-state index < -0.39 is 5.92 Å². The van der Waals surface area contributed by atoms with Gasteiger partial charge in [-0.15, -0.1) is 0 Å². The first-order valence-corrected chi connectivity index (χ1v) is 7.22. The maximum atomic E-state index is 12.3. The van der Waals surface area contributed by atoms with E-state index in [9.17, 15) is 10.1 Å². The molecule has 1 heterocycles. The summed E-state index contributed by atoms with van der Waals surface area (Å²) in [6.07, 6.45) is 2.09. The average molecular weight is 271 g/mol. The van der Waals surface area contributed by atoms with Gasteiger partial charge in [0.1, 0.15) is 5.92 Å². The molecule has 1 saturated heterocycles. The van der Waals surface area contributed by atoms with Crippen molar-refractivity contribution in [3.8, 4) is 6.07 Å². The minimum atomic E-state index is -0.715. The molecular formula is C16H21N3O. The molecule has 0 bridgehead atoms. The first-order chi connectivity index (χ1) is 9.74. The lowest BCUT2D eigenvalue weighted by atomic mass is 9.98. The highest BCUT2D eigenvalue weighted by Crippen LogP contribution is 2.16. The lowest BCUT2D eigenvalue weighted by Gasteiger charge is -2.32. The zero-order chi connectivity index (χ0) is 14.4. The van der Waals surface area contributed by atoms with Crippen LogP contribution in [0.25, 0.3) is 0 Å². The van der Waals surface area contributed by atoms with Gasteiger partial charge in [-0.25, -0.2) is 0 Å². The molecule has 0 spiro atoms. The minimum absolute atomic E-state index is 0.163. The van der Waals surface area contributed by atoms with Crippen molar-refractivity contribution in [3.05, 3.63) is 35.9 Å². The van der Waals surface area contributed by atoms with Gasteiger partial charge in [0.15, 0.2) is 0 Å². The molecule has 1 amide bonds. The smallest absolute Gasteiger partial charge is 0.242 e. The number of likely N-dealkylation sites (tertiary alicyclic amines) is 1. The molecule has 0 aliphatic carbocycles. The maximum Gasteiger partial charge on any atom is 0.242 e. The number of carbonyl (C=O) groups excluding carboxylic acids is 1. The Bertz CT molecular complexity index is 480. The van der Waals surface area contributed by atoms with Crippen molar-refractivity contribution in [1.82, 2.24) is 10.2 Å². The summed E-state index contributed by atoms with van der Waals surface area (Å²) in [4.78, 5) is 14.6. The fraction of sp³-hybridized carbons (Fsp3) is 0.500. The summed E-state index contributed by atoms with van der Waals surface area (Å²) in [5.41, 5.74) is 0.760. The van der Waals surface area contributed by atoms with Gasteiger partial charge in [0.2, 0.25) is 5.91 Å². The molecule has 0 saturated carbocycles. The van der Waals surface area contributed by atoms with E-state index in [-0.39, 0.29) is 11.9 Å². The van der Waals surface area contributed by atoms with Crippen LogP contribution in [0.2, 0.25) is 0 Å². The Morgan fingerprint density at radius 1 is 1.50 bits per heavy atom. The van der Waals surface area contributed by atoms with E-state index in [1.807, 2.05) is 30.3 Å². The van der Waals surface area contributed by atoms with Crippen LogP contribution in [0.4, 0.5) is 0 Å². The Labute approximate surface area is 120 Å². The maximum absolute atomic E-state index is 12.3. The molecule has 20 heavy (non-hydrogen) atoms. The molecule has 4 heteroatoms. The number of hydrogen-bond acceptors (Lipinski definition) is 3. The van der Waals surface area contributed by atoms with Gasteiger partial charge in [0.25, 0.3) is 0 Å². The van der Waals surface area contributed by atoms with E-state index in [1.165, 1.54) is 0 Å². The predicted octanol–water partition coefficient (Wildman–Crippen LogP) is 1.89. The quantitative estimate of drug-likeness (QED) is 0.910. The van der Waals surface area contributed by atoms with Crippen molar-refractivity contribution in [2.75, 3.05) is 19.6 Å². The summed E-state index contributed by atoms with van der Waals surface area (Å²) in [6, 6.07) is 11.5. The molecule has 0 aromatic heterocycles. The van der Waals surface area contributed by atoms with Gasteiger partial charge in [-0.1, -0.05) is 37.3 Å². The topological polar surface area (TPSA) is 56.1 Å². The first-order valence-electron chi connectivity index (χ1n) is 7.22. The molecule has 2 unspecified atom stereocenters. The number of likely N-dealkylation sites (N-methyl/N-ethyl adjacent to an activating group) is 1. The van der Waals surface area contributed by atoms with Crippen molar-refractivity contribution < 1.29 is 4.79 Å². The van der Waals surface area contributed by atoms with E-state index in [2.05, 4.69) is 23.2 Å². The number of nitrogens with zero attached hydrogens (tertiary/aromatic N) is 2. The van der Waals surface area contributed by atoms with Crippen LogP contribution in [0, 0.1) is 11.3 Å². The monoisotopic (exact) mass is 271 g/mol. The van der Waals surface area contributed by atoms with Crippen LogP contribution >= 0.6 is 0 Å². The lowest BCUT2D eigenvalue weighted by Crippen LogP contribution is -2.48. The molecule has 2 atom stereocenters. The molecule has 2 rings (SSSR count). The Morgan fingerprint density at radius 3 is 2.90 bits per heavy atom. The second-order valence-electron chi connectivity index (χ2n) is 5.21. The van der Waals surface area contributed by atoms with E-state index in [0.717, 1.165) is 38.0 Å². The number of benzene rings is 1. The van der Waals surface area contributed by atoms with E-state index in [4.69, 9.17) is 0 Å². The Balaban J connectivity index is 1.98. The normalized spacial score (nSPS) is 20.9. The second kappa shape index (κ2) is 7.06. The third-order valence-corrected chi connectivity index (χ3v) is 3.82. The van der Waals surface area contributed by atoms with Gasteiger partial charge in [-0.3, -0.25) is 4.79 Å². The molecule has 106 valence electrons. The fourth-order valence-corrected chi connectivity index (χ4v) is 2.68. The van der Waals surface area contributed by atoms with Crippen LogP contribution in [0.1, 0.15) is 31.2 Å².